The van der Waals surface area contributed by atoms with Crippen LogP contribution in [0, 0.1) is 0 Å². The normalized spacial score (nSPS) is 10.2. The highest BCUT2D eigenvalue weighted by molar-refractivity contribution is 5.98. The Hall–Kier alpha value is -2.43. The second-order valence-corrected chi connectivity index (χ2v) is 3.97. The maximum absolute atomic E-state index is 11.8. The van der Waals surface area contributed by atoms with Crippen LogP contribution in [0.5, 0.6) is 5.75 Å². The summed E-state index contributed by atoms with van der Waals surface area (Å²) >= 11 is 0. The molecule has 0 bridgehead atoms. The number of aromatic nitrogens is 1. The average molecular weight is 245 g/mol. The molecule has 0 spiro atoms. The zero-order valence-electron chi connectivity index (χ0n) is 9.81. The molecule has 0 radical (unpaired) electrons. The molecule has 0 aliphatic heterocycles. The minimum Gasteiger partial charge on any atom is -0.505 e. The quantitative estimate of drug-likeness (QED) is 0.483. The van der Waals surface area contributed by atoms with Gasteiger partial charge in [0.05, 0.1) is 11.3 Å². The van der Waals surface area contributed by atoms with Crippen molar-refractivity contribution in [3.05, 3.63) is 47.8 Å². The molecule has 1 aromatic heterocycles. The second-order valence-electron chi connectivity index (χ2n) is 3.97. The van der Waals surface area contributed by atoms with Crippen molar-refractivity contribution in [2.24, 2.45) is 0 Å². The predicted molar refractivity (Wildman–Crippen MR) is 69.3 cm³/mol. The number of amides is 1. The number of anilines is 1. The highest BCUT2D eigenvalue weighted by atomic mass is 16.3. The number of phenolic OH excluding ortho intramolecular Hbond substituents is 1. The van der Waals surface area contributed by atoms with Gasteiger partial charge in [-0.3, -0.25) is 4.79 Å². The molecule has 0 unspecified atom stereocenters. The van der Waals surface area contributed by atoms with E-state index < -0.39 is 0 Å². The van der Waals surface area contributed by atoms with Gasteiger partial charge in [-0.05, 0) is 30.2 Å². The predicted octanol–water partition coefficient (Wildman–Crippen LogP) is 1.27. The van der Waals surface area contributed by atoms with Gasteiger partial charge in [0.25, 0.3) is 5.91 Å². The summed E-state index contributed by atoms with van der Waals surface area (Å²) in [5, 5.41) is 12.4. The van der Waals surface area contributed by atoms with Crippen molar-refractivity contribution in [1.82, 2.24) is 10.3 Å². The lowest BCUT2D eigenvalue weighted by atomic mass is 10.1. The first-order chi connectivity index (χ1) is 8.68. The molecule has 1 heterocycles. The zero-order chi connectivity index (χ0) is 13.0. The van der Waals surface area contributed by atoms with Gasteiger partial charge < -0.3 is 21.1 Å². The van der Waals surface area contributed by atoms with Crippen molar-refractivity contribution in [3.63, 3.8) is 0 Å². The first kappa shape index (κ1) is 12.0. The van der Waals surface area contributed by atoms with Crippen LogP contribution in [-0.2, 0) is 6.42 Å². The summed E-state index contributed by atoms with van der Waals surface area (Å²) in [5.74, 6) is -0.494. The minimum absolute atomic E-state index is 0.170. The van der Waals surface area contributed by atoms with Gasteiger partial charge in [-0.2, -0.15) is 0 Å². The van der Waals surface area contributed by atoms with Crippen LogP contribution in [0.1, 0.15) is 15.9 Å². The van der Waals surface area contributed by atoms with Crippen molar-refractivity contribution in [1.29, 1.82) is 0 Å². The Morgan fingerprint density at radius 1 is 1.39 bits per heavy atom. The Morgan fingerprint density at radius 3 is 2.94 bits per heavy atom. The van der Waals surface area contributed by atoms with Crippen LogP contribution < -0.4 is 11.1 Å². The van der Waals surface area contributed by atoms with E-state index in [0.717, 1.165) is 12.0 Å². The third kappa shape index (κ3) is 2.63. The molecule has 1 amide bonds. The Labute approximate surface area is 105 Å². The van der Waals surface area contributed by atoms with Gasteiger partial charge in [-0.25, -0.2) is 0 Å². The average Bonchev–Trinajstić information content (AvgIpc) is 2.85. The van der Waals surface area contributed by atoms with Crippen LogP contribution in [0.3, 0.4) is 0 Å². The van der Waals surface area contributed by atoms with E-state index in [1.165, 1.54) is 6.07 Å². The summed E-state index contributed by atoms with van der Waals surface area (Å²) in [5.41, 5.74) is 7.05. The SMILES string of the molecule is Nc1cccc(C(=O)NCCc2cc[nH]c2)c1O. The highest BCUT2D eigenvalue weighted by Gasteiger charge is 2.12. The molecule has 94 valence electrons. The fourth-order valence-electron chi connectivity index (χ4n) is 1.67. The van der Waals surface area contributed by atoms with Crippen LogP contribution in [-0.4, -0.2) is 22.5 Å². The number of carbonyl (C=O) groups excluding carboxylic acids is 1. The van der Waals surface area contributed by atoms with Gasteiger partial charge >= 0.3 is 0 Å². The number of aromatic hydroxyl groups is 1. The number of aromatic amines is 1. The Balaban J connectivity index is 1.93. The number of rotatable bonds is 4. The summed E-state index contributed by atoms with van der Waals surface area (Å²) < 4.78 is 0. The number of nitrogen functional groups attached to an aromatic ring is 1. The number of hydrogen-bond acceptors (Lipinski definition) is 3. The Bertz CT molecular complexity index is 535. The molecule has 5 heteroatoms. The van der Waals surface area contributed by atoms with Gasteiger partial charge in [-0.1, -0.05) is 6.07 Å². The van der Waals surface area contributed by atoms with Gasteiger partial charge in [0, 0.05) is 18.9 Å². The molecule has 5 N–H and O–H groups in total. The van der Waals surface area contributed by atoms with Crippen LogP contribution in [0.2, 0.25) is 0 Å². The largest absolute Gasteiger partial charge is 0.505 e. The van der Waals surface area contributed by atoms with Crippen molar-refractivity contribution >= 4 is 11.6 Å². The van der Waals surface area contributed by atoms with Crippen LogP contribution >= 0.6 is 0 Å². The summed E-state index contributed by atoms with van der Waals surface area (Å²) in [6.45, 7) is 0.505. The summed E-state index contributed by atoms with van der Waals surface area (Å²) in [6.07, 6.45) is 4.45. The van der Waals surface area contributed by atoms with E-state index in [0.29, 0.717) is 6.54 Å². The molecule has 0 atom stereocenters. The first-order valence-corrected chi connectivity index (χ1v) is 5.66. The standard InChI is InChI=1S/C13H15N3O2/c14-11-3-1-2-10(12(11)17)13(18)16-7-5-9-4-6-15-8-9/h1-4,6,8,15,17H,5,7,14H2,(H,16,18). The molecular weight excluding hydrogens is 230 g/mol. The van der Waals surface area contributed by atoms with E-state index >= 15 is 0 Å². The molecule has 1 aromatic carbocycles. The van der Waals surface area contributed by atoms with Crippen LogP contribution in [0.4, 0.5) is 5.69 Å². The van der Waals surface area contributed by atoms with Crippen molar-refractivity contribution in [3.8, 4) is 5.75 Å². The number of benzene rings is 1. The van der Waals surface area contributed by atoms with Crippen molar-refractivity contribution in [2.75, 3.05) is 12.3 Å². The number of hydrogen-bond donors (Lipinski definition) is 4. The van der Waals surface area contributed by atoms with Crippen molar-refractivity contribution < 1.29 is 9.90 Å². The molecule has 0 aliphatic carbocycles. The first-order valence-electron chi connectivity index (χ1n) is 5.66. The lowest BCUT2D eigenvalue weighted by Crippen LogP contribution is -2.25. The molecule has 18 heavy (non-hydrogen) atoms. The lowest BCUT2D eigenvalue weighted by Gasteiger charge is -2.07. The summed E-state index contributed by atoms with van der Waals surface area (Å²) in [4.78, 5) is 14.8. The van der Waals surface area contributed by atoms with Crippen LogP contribution in [0.15, 0.2) is 36.7 Å². The number of para-hydroxylation sites is 1. The van der Waals surface area contributed by atoms with Gasteiger partial charge in [-0.15, -0.1) is 0 Å². The number of carbonyl (C=O) groups is 1. The third-order valence-electron chi connectivity index (χ3n) is 2.67. The fraction of sp³-hybridized carbons (Fsp3) is 0.154. The topological polar surface area (TPSA) is 91.1 Å². The lowest BCUT2D eigenvalue weighted by molar-refractivity contribution is 0.0951. The van der Waals surface area contributed by atoms with E-state index in [-0.39, 0.29) is 22.9 Å². The van der Waals surface area contributed by atoms with Gasteiger partial charge in [0.2, 0.25) is 0 Å². The summed E-state index contributed by atoms with van der Waals surface area (Å²) in [7, 11) is 0. The minimum atomic E-state index is -0.324. The van der Waals surface area contributed by atoms with Gasteiger partial charge in [0.15, 0.2) is 5.75 Å². The molecular formula is C13H15N3O2. The third-order valence-corrected chi connectivity index (χ3v) is 2.67. The maximum atomic E-state index is 11.8. The summed E-state index contributed by atoms with van der Waals surface area (Å²) in [6, 6.07) is 6.67. The monoisotopic (exact) mass is 245 g/mol. The smallest absolute Gasteiger partial charge is 0.255 e. The van der Waals surface area contributed by atoms with E-state index in [4.69, 9.17) is 5.73 Å². The Kier molecular flexibility index (Phi) is 3.52. The number of nitrogens with one attached hydrogen (secondary N) is 2. The number of nitrogens with two attached hydrogens (primary N) is 1. The van der Waals surface area contributed by atoms with E-state index in [1.807, 2.05) is 18.5 Å². The van der Waals surface area contributed by atoms with Gasteiger partial charge in [0.1, 0.15) is 0 Å². The molecule has 2 aromatic rings. The zero-order valence-corrected chi connectivity index (χ0v) is 9.81. The molecule has 0 aliphatic rings. The van der Waals surface area contributed by atoms with Crippen molar-refractivity contribution in [2.45, 2.75) is 6.42 Å². The van der Waals surface area contributed by atoms with E-state index in [1.54, 1.807) is 12.1 Å². The fourth-order valence-corrected chi connectivity index (χ4v) is 1.67. The number of H-pyrrole nitrogens is 1. The highest BCUT2D eigenvalue weighted by Crippen LogP contribution is 2.23. The van der Waals surface area contributed by atoms with Crippen LogP contribution in [0.25, 0.3) is 0 Å². The maximum Gasteiger partial charge on any atom is 0.255 e. The second kappa shape index (κ2) is 5.27. The van der Waals surface area contributed by atoms with E-state index in [2.05, 4.69) is 10.3 Å². The molecule has 0 fully saturated rings. The molecule has 2 rings (SSSR count). The molecule has 0 saturated heterocycles. The Morgan fingerprint density at radius 2 is 2.22 bits per heavy atom. The molecule has 0 saturated carbocycles. The van der Waals surface area contributed by atoms with E-state index in [9.17, 15) is 9.90 Å². The number of phenols is 1. The molecule has 5 nitrogen and oxygen atoms in total.